The lowest BCUT2D eigenvalue weighted by molar-refractivity contribution is -0.137. The Bertz CT molecular complexity index is 354. The molecule has 1 heterocycles. The number of Topliss-reactive ketones (excluding diaryl/α,β-unsaturated/α-hetero) is 1. The first-order valence-electron chi connectivity index (χ1n) is 5.08. The van der Waals surface area contributed by atoms with Crippen molar-refractivity contribution in [2.24, 2.45) is 0 Å². The van der Waals surface area contributed by atoms with Crippen molar-refractivity contribution < 1.29 is 14.3 Å². The van der Waals surface area contributed by atoms with Crippen LogP contribution in [0.5, 0.6) is 0 Å². The van der Waals surface area contributed by atoms with Crippen molar-refractivity contribution in [1.82, 2.24) is 4.98 Å². The Morgan fingerprint density at radius 2 is 2.07 bits per heavy atom. The number of aromatic amines is 1. The fourth-order valence-electron chi connectivity index (χ4n) is 1.29. The summed E-state index contributed by atoms with van der Waals surface area (Å²) >= 11 is 0. The molecule has 0 bridgehead atoms. The van der Waals surface area contributed by atoms with Crippen LogP contribution in [0.15, 0.2) is 12.1 Å². The molecule has 0 aliphatic heterocycles. The number of carbonyl (C=O) groups excluding carboxylic acids is 2. The summed E-state index contributed by atoms with van der Waals surface area (Å²) in [6.07, 6.45) is 1.86. The minimum Gasteiger partial charge on any atom is -0.460 e. The van der Waals surface area contributed by atoms with E-state index in [0.717, 1.165) is 18.5 Å². The van der Waals surface area contributed by atoms with Crippen molar-refractivity contribution in [3.63, 3.8) is 0 Å². The SMILES string of the molecule is CCCc1ccc(C(=O)C(=O)OCC)[nH]1. The largest absolute Gasteiger partial charge is 0.460 e. The number of aryl methyl sites for hydroxylation is 1. The molecule has 1 aromatic heterocycles. The maximum Gasteiger partial charge on any atom is 0.381 e. The fraction of sp³-hybridized carbons (Fsp3) is 0.455. The van der Waals surface area contributed by atoms with Crippen LogP contribution in [-0.2, 0) is 16.0 Å². The molecular formula is C11H15NO3. The normalized spacial score (nSPS) is 10.0. The average molecular weight is 209 g/mol. The molecule has 4 heteroatoms. The summed E-state index contributed by atoms with van der Waals surface area (Å²) in [4.78, 5) is 25.5. The minimum absolute atomic E-state index is 0.215. The molecule has 4 nitrogen and oxygen atoms in total. The summed E-state index contributed by atoms with van der Waals surface area (Å²) in [7, 11) is 0. The predicted octanol–water partition coefficient (Wildman–Crippen LogP) is 1.71. The quantitative estimate of drug-likeness (QED) is 0.456. The summed E-state index contributed by atoms with van der Waals surface area (Å²) in [6.45, 7) is 3.93. The molecule has 0 amide bonds. The highest BCUT2D eigenvalue weighted by molar-refractivity contribution is 6.40. The van der Waals surface area contributed by atoms with E-state index >= 15 is 0 Å². The van der Waals surface area contributed by atoms with E-state index in [1.807, 2.05) is 13.0 Å². The van der Waals surface area contributed by atoms with E-state index in [-0.39, 0.29) is 6.61 Å². The molecule has 0 fully saturated rings. The van der Waals surface area contributed by atoms with E-state index in [9.17, 15) is 9.59 Å². The maximum absolute atomic E-state index is 11.4. The van der Waals surface area contributed by atoms with Crippen molar-refractivity contribution in [1.29, 1.82) is 0 Å². The Balaban J connectivity index is 2.69. The molecule has 82 valence electrons. The smallest absolute Gasteiger partial charge is 0.381 e. The summed E-state index contributed by atoms with van der Waals surface area (Å²) in [5.41, 5.74) is 1.27. The Hall–Kier alpha value is -1.58. The molecule has 1 N–H and O–H groups in total. The van der Waals surface area contributed by atoms with Crippen LogP contribution in [-0.4, -0.2) is 23.3 Å². The number of hydrogen-bond donors (Lipinski definition) is 1. The molecule has 1 rings (SSSR count). The molecule has 0 saturated carbocycles. The third-order valence-electron chi connectivity index (χ3n) is 1.97. The number of carbonyl (C=O) groups is 2. The van der Waals surface area contributed by atoms with Crippen molar-refractivity contribution in [2.45, 2.75) is 26.7 Å². The van der Waals surface area contributed by atoms with Crippen LogP contribution in [0.1, 0.15) is 36.5 Å². The lowest BCUT2D eigenvalue weighted by atomic mass is 10.2. The van der Waals surface area contributed by atoms with Crippen molar-refractivity contribution in [3.8, 4) is 0 Å². The minimum atomic E-state index is -0.803. The summed E-state index contributed by atoms with van der Waals surface area (Å²) in [6, 6.07) is 3.43. The van der Waals surface area contributed by atoms with Gasteiger partial charge < -0.3 is 9.72 Å². The van der Waals surface area contributed by atoms with Gasteiger partial charge in [0.15, 0.2) is 0 Å². The number of nitrogens with one attached hydrogen (secondary N) is 1. The van der Waals surface area contributed by atoms with Crippen LogP contribution in [0.4, 0.5) is 0 Å². The van der Waals surface area contributed by atoms with Crippen molar-refractivity contribution in [3.05, 3.63) is 23.5 Å². The number of esters is 1. The highest BCUT2D eigenvalue weighted by Gasteiger charge is 2.18. The third kappa shape index (κ3) is 2.94. The lowest BCUT2D eigenvalue weighted by Crippen LogP contribution is -2.17. The van der Waals surface area contributed by atoms with Gasteiger partial charge >= 0.3 is 5.97 Å². The zero-order valence-corrected chi connectivity index (χ0v) is 9.00. The summed E-state index contributed by atoms with van der Waals surface area (Å²) < 4.78 is 4.62. The standard InChI is InChI=1S/C11H15NO3/c1-3-5-8-6-7-9(12-8)10(13)11(14)15-4-2/h6-7,12H,3-5H2,1-2H3. The fourth-order valence-corrected chi connectivity index (χ4v) is 1.29. The maximum atomic E-state index is 11.4. The number of rotatable bonds is 5. The van der Waals surface area contributed by atoms with Gasteiger partial charge in [-0.15, -0.1) is 0 Å². The first-order valence-corrected chi connectivity index (χ1v) is 5.08. The first-order chi connectivity index (χ1) is 7.19. The Kier molecular flexibility index (Phi) is 4.09. The Morgan fingerprint density at radius 1 is 1.33 bits per heavy atom. The predicted molar refractivity (Wildman–Crippen MR) is 55.8 cm³/mol. The summed E-state index contributed by atoms with van der Waals surface area (Å²) in [5.74, 6) is -1.42. The van der Waals surface area contributed by atoms with E-state index in [2.05, 4.69) is 9.72 Å². The van der Waals surface area contributed by atoms with Gasteiger partial charge in [0, 0.05) is 5.69 Å². The highest BCUT2D eigenvalue weighted by atomic mass is 16.5. The molecule has 0 aromatic carbocycles. The number of ketones is 1. The van der Waals surface area contributed by atoms with Gasteiger partial charge in [0.25, 0.3) is 5.78 Å². The number of hydrogen-bond acceptors (Lipinski definition) is 3. The highest BCUT2D eigenvalue weighted by Crippen LogP contribution is 2.06. The van der Waals surface area contributed by atoms with E-state index in [1.54, 1.807) is 13.0 Å². The zero-order valence-electron chi connectivity index (χ0n) is 9.00. The van der Waals surface area contributed by atoms with Gasteiger partial charge in [0.1, 0.15) is 0 Å². The second-order valence-electron chi connectivity index (χ2n) is 3.20. The van der Waals surface area contributed by atoms with Crippen LogP contribution < -0.4 is 0 Å². The molecule has 0 unspecified atom stereocenters. The first kappa shape index (κ1) is 11.5. The molecule has 0 aliphatic carbocycles. The van der Waals surface area contributed by atoms with Gasteiger partial charge in [-0.25, -0.2) is 4.79 Å². The van der Waals surface area contributed by atoms with Crippen LogP contribution in [0.2, 0.25) is 0 Å². The Morgan fingerprint density at radius 3 is 2.67 bits per heavy atom. The second-order valence-corrected chi connectivity index (χ2v) is 3.20. The van der Waals surface area contributed by atoms with Crippen molar-refractivity contribution >= 4 is 11.8 Å². The summed E-state index contributed by atoms with van der Waals surface area (Å²) in [5, 5.41) is 0. The van der Waals surface area contributed by atoms with Gasteiger partial charge in [-0.05, 0) is 25.5 Å². The molecule has 0 radical (unpaired) electrons. The molecular weight excluding hydrogens is 194 g/mol. The van der Waals surface area contributed by atoms with Gasteiger partial charge in [0.05, 0.1) is 12.3 Å². The molecule has 15 heavy (non-hydrogen) atoms. The number of ether oxygens (including phenoxy) is 1. The molecule has 1 aromatic rings. The van der Waals surface area contributed by atoms with Crippen LogP contribution in [0.3, 0.4) is 0 Å². The topological polar surface area (TPSA) is 59.2 Å². The van der Waals surface area contributed by atoms with E-state index in [4.69, 9.17) is 0 Å². The molecule has 0 spiro atoms. The average Bonchev–Trinajstić information content (AvgIpc) is 2.66. The molecule has 0 atom stereocenters. The van der Waals surface area contributed by atoms with Gasteiger partial charge in [-0.1, -0.05) is 13.3 Å². The van der Waals surface area contributed by atoms with E-state index < -0.39 is 11.8 Å². The van der Waals surface area contributed by atoms with Gasteiger partial charge in [0.2, 0.25) is 0 Å². The van der Waals surface area contributed by atoms with Crippen LogP contribution in [0, 0.1) is 0 Å². The van der Waals surface area contributed by atoms with Crippen LogP contribution in [0.25, 0.3) is 0 Å². The van der Waals surface area contributed by atoms with Crippen molar-refractivity contribution in [2.75, 3.05) is 6.61 Å². The van der Waals surface area contributed by atoms with E-state index in [1.165, 1.54) is 0 Å². The van der Waals surface area contributed by atoms with Crippen LogP contribution >= 0.6 is 0 Å². The van der Waals surface area contributed by atoms with Gasteiger partial charge in [-0.2, -0.15) is 0 Å². The Labute approximate surface area is 88.6 Å². The number of aromatic nitrogens is 1. The third-order valence-corrected chi connectivity index (χ3v) is 1.97. The lowest BCUT2D eigenvalue weighted by Gasteiger charge is -1.98. The molecule has 0 aliphatic rings. The monoisotopic (exact) mass is 209 g/mol. The van der Waals surface area contributed by atoms with E-state index in [0.29, 0.717) is 5.69 Å². The zero-order chi connectivity index (χ0) is 11.3. The number of H-pyrrole nitrogens is 1. The second kappa shape index (κ2) is 5.34. The van der Waals surface area contributed by atoms with Gasteiger partial charge in [-0.3, -0.25) is 4.79 Å². The molecule has 0 saturated heterocycles.